The molecule has 0 unspecified atom stereocenters. The van der Waals surface area contributed by atoms with Crippen LogP contribution in [0.3, 0.4) is 0 Å². The average Bonchev–Trinajstić information content (AvgIpc) is 2.22. The van der Waals surface area contributed by atoms with Crippen LogP contribution in [0.5, 0.6) is 5.75 Å². The zero-order valence-electron chi connectivity index (χ0n) is 10.6. The van der Waals surface area contributed by atoms with E-state index in [-0.39, 0.29) is 11.3 Å². The molecule has 0 saturated heterocycles. The van der Waals surface area contributed by atoms with Crippen LogP contribution in [0.4, 0.5) is 13.2 Å². The Morgan fingerprint density at radius 1 is 1.28 bits per heavy atom. The predicted molar refractivity (Wildman–Crippen MR) is 62.4 cm³/mol. The second kappa shape index (κ2) is 5.56. The van der Waals surface area contributed by atoms with Crippen LogP contribution >= 0.6 is 0 Å². The van der Waals surface area contributed by atoms with E-state index in [0.29, 0.717) is 12.1 Å². The van der Waals surface area contributed by atoms with E-state index in [1.165, 1.54) is 12.4 Å². The van der Waals surface area contributed by atoms with Gasteiger partial charge in [-0.25, -0.2) is 0 Å². The van der Waals surface area contributed by atoms with Crippen LogP contribution in [-0.4, -0.2) is 23.3 Å². The van der Waals surface area contributed by atoms with Crippen molar-refractivity contribution < 1.29 is 17.9 Å². The van der Waals surface area contributed by atoms with Crippen molar-refractivity contribution >= 4 is 0 Å². The fraction of sp³-hybridized carbons (Fsp3) is 0.583. The Hall–Kier alpha value is -1.30. The quantitative estimate of drug-likeness (QED) is 0.906. The Balaban J connectivity index is 2.68. The zero-order valence-corrected chi connectivity index (χ0v) is 10.6. The summed E-state index contributed by atoms with van der Waals surface area (Å²) >= 11 is 0. The molecule has 1 N–H and O–H groups in total. The van der Waals surface area contributed by atoms with E-state index >= 15 is 0 Å². The first-order valence-corrected chi connectivity index (χ1v) is 5.55. The largest absolute Gasteiger partial charge is 0.482 e. The van der Waals surface area contributed by atoms with Crippen molar-refractivity contribution in [3.8, 4) is 5.75 Å². The molecule has 3 nitrogen and oxygen atoms in total. The van der Waals surface area contributed by atoms with Crippen LogP contribution in [-0.2, 0) is 6.54 Å². The van der Waals surface area contributed by atoms with E-state index in [1.54, 1.807) is 6.07 Å². The van der Waals surface area contributed by atoms with Crippen molar-refractivity contribution in [3.05, 3.63) is 24.0 Å². The van der Waals surface area contributed by atoms with Gasteiger partial charge in [0, 0.05) is 23.8 Å². The van der Waals surface area contributed by atoms with Gasteiger partial charge in [0.2, 0.25) is 0 Å². The lowest BCUT2D eigenvalue weighted by Crippen LogP contribution is -2.35. The molecule has 0 aliphatic rings. The van der Waals surface area contributed by atoms with Crippen molar-refractivity contribution in [2.24, 2.45) is 0 Å². The summed E-state index contributed by atoms with van der Waals surface area (Å²) in [5.74, 6) is 0.159. The summed E-state index contributed by atoms with van der Waals surface area (Å²) in [4.78, 5) is 3.77. The third-order valence-electron chi connectivity index (χ3n) is 2.07. The fourth-order valence-electron chi connectivity index (χ4n) is 1.20. The third kappa shape index (κ3) is 5.86. The van der Waals surface area contributed by atoms with Gasteiger partial charge in [-0.2, -0.15) is 13.2 Å². The van der Waals surface area contributed by atoms with Gasteiger partial charge >= 0.3 is 6.18 Å². The first-order valence-electron chi connectivity index (χ1n) is 5.55. The van der Waals surface area contributed by atoms with Crippen LogP contribution in [0.15, 0.2) is 18.5 Å². The Bertz CT molecular complexity index is 349. The highest BCUT2D eigenvalue weighted by molar-refractivity contribution is 5.29. The molecule has 1 heterocycles. The molecule has 0 aliphatic heterocycles. The highest BCUT2D eigenvalue weighted by Crippen LogP contribution is 2.21. The third-order valence-corrected chi connectivity index (χ3v) is 2.07. The molecule has 0 fully saturated rings. The molecule has 0 atom stereocenters. The van der Waals surface area contributed by atoms with Gasteiger partial charge in [-0.05, 0) is 26.8 Å². The van der Waals surface area contributed by atoms with Gasteiger partial charge in [0.05, 0.1) is 6.20 Å². The lowest BCUT2D eigenvalue weighted by molar-refractivity contribution is -0.153. The molecule has 0 aromatic carbocycles. The topological polar surface area (TPSA) is 34.2 Å². The van der Waals surface area contributed by atoms with Crippen LogP contribution in [0.25, 0.3) is 0 Å². The summed E-state index contributed by atoms with van der Waals surface area (Å²) in [5.41, 5.74) is 0.536. The summed E-state index contributed by atoms with van der Waals surface area (Å²) in [7, 11) is 0. The number of nitrogens with zero attached hydrogens (tertiary/aromatic N) is 1. The average molecular weight is 262 g/mol. The Morgan fingerprint density at radius 3 is 2.50 bits per heavy atom. The summed E-state index contributed by atoms with van der Waals surface area (Å²) in [6.07, 6.45) is -1.52. The predicted octanol–water partition coefficient (Wildman–Crippen LogP) is 2.91. The molecule has 1 rings (SSSR count). The summed E-state index contributed by atoms with van der Waals surface area (Å²) in [5, 5.41) is 3.19. The Labute approximate surface area is 104 Å². The summed E-state index contributed by atoms with van der Waals surface area (Å²) in [6, 6.07) is 1.64. The first kappa shape index (κ1) is 14.8. The van der Waals surface area contributed by atoms with E-state index in [9.17, 15) is 13.2 Å². The highest BCUT2D eigenvalue weighted by Gasteiger charge is 2.28. The van der Waals surface area contributed by atoms with Gasteiger partial charge in [-0.1, -0.05) is 0 Å². The first-order chi connectivity index (χ1) is 8.17. The van der Waals surface area contributed by atoms with E-state index in [2.05, 4.69) is 10.3 Å². The van der Waals surface area contributed by atoms with Crippen molar-refractivity contribution in [1.29, 1.82) is 0 Å². The Kier molecular flexibility index (Phi) is 4.56. The number of alkyl halides is 3. The number of hydrogen-bond donors (Lipinski definition) is 1. The molecule has 0 bridgehead atoms. The molecule has 0 spiro atoms. The van der Waals surface area contributed by atoms with Gasteiger partial charge in [0.25, 0.3) is 0 Å². The molecule has 6 heteroatoms. The van der Waals surface area contributed by atoms with E-state index < -0.39 is 12.8 Å². The maximum atomic E-state index is 12.1. The lowest BCUT2D eigenvalue weighted by atomic mass is 10.1. The number of ether oxygens (including phenoxy) is 1. The number of hydrogen-bond acceptors (Lipinski definition) is 3. The van der Waals surface area contributed by atoms with Crippen molar-refractivity contribution in [3.63, 3.8) is 0 Å². The van der Waals surface area contributed by atoms with Crippen LogP contribution in [0, 0.1) is 0 Å². The monoisotopic (exact) mass is 262 g/mol. The molecule has 1 aromatic rings. The van der Waals surface area contributed by atoms with Gasteiger partial charge in [0.1, 0.15) is 5.75 Å². The highest BCUT2D eigenvalue weighted by atomic mass is 19.4. The fourth-order valence-corrected chi connectivity index (χ4v) is 1.20. The minimum atomic E-state index is -4.34. The minimum absolute atomic E-state index is 0.120. The van der Waals surface area contributed by atoms with Crippen LogP contribution < -0.4 is 10.1 Å². The van der Waals surface area contributed by atoms with Crippen LogP contribution in [0.2, 0.25) is 0 Å². The lowest BCUT2D eigenvalue weighted by Gasteiger charge is -2.21. The van der Waals surface area contributed by atoms with Gasteiger partial charge in [0.15, 0.2) is 6.61 Å². The van der Waals surface area contributed by atoms with Crippen molar-refractivity contribution in [2.45, 2.75) is 39.0 Å². The molecule has 0 radical (unpaired) electrons. The van der Waals surface area contributed by atoms with Crippen molar-refractivity contribution in [1.82, 2.24) is 10.3 Å². The van der Waals surface area contributed by atoms with Gasteiger partial charge in [-0.15, -0.1) is 0 Å². The van der Waals surface area contributed by atoms with E-state index in [0.717, 1.165) is 0 Å². The number of halogens is 3. The maximum absolute atomic E-state index is 12.1. The molecule has 1 aromatic heterocycles. The minimum Gasteiger partial charge on any atom is -0.482 e. The number of pyridine rings is 1. The van der Waals surface area contributed by atoms with E-state index in [1.807, 2.05) is 20.8 Å². The summed E-state index contributed by atoms with van der Waals surface area (Å²) < 4.78 is 41.0. The molecule has 18 heavy (non-hydrogen) atoms. The zero-order chi connectivity index (χ0) is 13.8. The normalized spacial score (nSPS) is 12.6. The van der Waals surface area contributed by atoms with E-state index in [4.69, 9.17) is 4.74 Å². The molecule has 0 aliphatic carbocycles. The Morgan fingerprint density at radius 2 is 1.94 bits per heavy atom. The molecular weight excluding hydrogens is 245 g/mol. The molecule has 102 valence electrons. The molecule has 0 amide bonds. The number of rotatable bonds is 4. The standard InChI is InChI=1S/C12H17F3N2O/c1-11(2,3)17-6-9-4-5-16-7-10(9)18-8-12(13,14)15/h4-5,7,17H,6,8H2,1-3H3. The molecule has 0 saturated carbocycles. The molecular formula is C12H17F3N2O. The second-order valence-electron chi connectivity index (χ2n) is 4.99. The van der Waals surface area contributed by atoms with Gasteiger partial charge in [-0.3, -0.25) is 4.98 Å². The number of nitrogens with one attached hydrogen (secondary N) is 1. The SMILES string of the molecule is CC(C)(C)NCc1ccncc1OCC(F)(F)F. The smallest absolute Gasteiger partial charge is 0.422 e. The summed E-state index contributed by atoms with van der Waals surface area (Å²) in [6.45, 7) is 5.06. The van der Waals surface area contributed by atoms with Crippen molar-refractivity contribution in [2.75, 3.05) is 6.61 Å². The van der Waals surface area contributed by atoms with Crippen LogP contribution in [0.1, 0.15) is 26.3 Å². The van der Waals surface area contributed by atoms with Gasteiger partial charge < -0.3 is 10.1 Å². The maximum Gasteiger partial charge on any atom is 0.422 e. The number of aromatic nitrogens is 1. The second-order valence-corrected chi connectivity index (χ2v) is 4.99.